The van der Waals surface area contributed by atoms with E-state index in [1.54, 1.807) is 36.9 Å². The number of alkyl halides is 3. The number of nitrogens with zero attached hydrogens (tertiary/aromatic N) is 3. The fraction of sp³-hybridized carbons (Fsp3) is 0.304. The monoisotopic (exact) mass is 479 g/mol. The summed E-state index contributed by atoms with van der Waals surface area (Å²) in [6, 6.07) is 8.61. The largest absolute Gasteiger partial charge is 0.435 e. The average Bonchev–Trinajstić information content (AvgIpc) is 3.35. The number of benzene rings is 1. The second kappa shape index (κ2) is 8.41. The Morgan fingerprint density at radius 1 is 1.28 bits per heavy atom. The van der Waals surface area contributed by atoms with Crippen molar-refractivity contribution in [3.8, 4) is 11.1 Å². The van der Waals surface area contributed by atoms with Gasteiger partial charge in [0.25, 0.3) is 0 Å². The number of aromatic nitrogens is 2. The number of carbonyl (C=O) groups is 1. The van der Waals surface area contributed by atoms with Crippen LogP contribution < -0.4 is 0 Å². The number of amides is 1. The van der Waals surface area contributed by atoms with Crippen LogP contribution in [0.25, 0.3) is 11.1 Å². The molecule has 0 radical (unpaired) electrons. The Bertz CT molecular complexity index is 1180. The zero-order chi connectivity index (χ0) is 23.2. The molecule has 3 aromatic rings. The van der Waals surface area contributed by atoms with Crippen molar-refractivity contribution in [2.45, 2.75) is 38.5 Å². The van der Waals surface area contributed by atoms with Crippen LogP contribution in [-0.4, -0.2) is 27.1 Å². The first-order chi connectivity index (χ1) is 15.1. The van der Waals surface area contributed by atoms with Gasteiger partial charge in [0, 0.05) is 35.1 Å². The van der Waals surface area contributed by atoms with Gasteiger partial charge >= 0.3 is 6.18 Å². The lowest BCUT2D eigenvalue weighted by Gasteiger charge is -2.33. The number of fused-ring (bicyclic) bond motifs is 1. The molecule has 0 fully saturated rings. The van der Waals surface area contributed by atoms with Crippen molar-refractivity contribution < 1.29 is 18.0 Å². The third-order valence-corrected chi connectivity index (χ3v) is 6.83. The Balaban J connectivity index is 1.90. The van der Waals surface area contributed by atoms with Crippen LogP contribution in [0.5, 0.6) is 0 Å². The molecule has 1 amide bonds. The normalized spacial score (nSPS) is 16.3. The molecule has 0 unspecified atom stereocenters. The Hall–Kier alpha value is -2.58. The summed E-state index contributed by atoms with van der Waals surface area (Å²) in [4.78, 5) is 15.0. The van der Waals surface area contributed by atoms with E-state index in [-0.39, 0.29) is 23.4 Å². The molecule has 4 rings (SSSR count). The number of halogens is 4. The zero-order valence-corrected chi connectivity index (χ0v) is 19.1. The van der Waals surface area contributed by atoms with E-state index in [4.69, 9.17) is 11.6 Å². The lowest BCUT2D eigenvalue weighted by Crippen LogP contribution is -2.37. The molecule has 3 heterocycles. The fourth-order valence-electron chi connectivity index (χ4n) is 4.06. The van der Waals surface area contributed by atoms with Gasteiger partial charge in [-0.25, -0.2) is 0 Å². The van der Waals surface area contributed by atoms with Crippen LogP contribution in [-0.2, 0) is 17.5 Å². The summed E-state index contributed by atoms with van der Waals surface area (Å²) in [7, 11) is 0. The third-order valence-electron chi connectivity index (χ3n) is 5.57. The van der Waals surface area contributed by atoms with Crippen LogP contribution in [0.4, 0.5) is 13.2 Å². The topological polar surface area (TPSA) is 38.1 Å². The molecular formula is C23H21ClF3N3OS. The van der Waals surface area contributed by atoms with E-state index in [9.17, 15) is 18.0 Å². The molecule has 0 saturated carbocycles. The molecule has 2 aromatic heterocycles. The molecule has 1 aromatic carbocycles. The molecule has 0 bridgehead atoms. The van der Waals surface area contributed by atoms with E-state index in [1.807, 2.05) is 12.1 Å². The van der Waals surface area contributed by atoms with Crippen molar-refractivity contribution >= 4 is 28.8 Å². The van der Waals surface area contributed by atoms with Crippen LogP contribution in [0, 0.1) is 0 Å². The first kappa shape index (κ1) is 22.6. The smallest absolute Gasteiger partial charge is 0.333 e. The maximum Gasteiger partial charge on any atom is 0.435 e. The Kier molecular flexibility index (Phi) is 5.94. The molecule has 1 aliphatic heterocycles. The van der Waals surface area contributed by atoms with Gasteiger partial charge in [0.05, 0.1) is 10.9 Å². The molecule has 9 heteroatoms. The minimum absolute atomic E-state index is 0.0249. The summed E-state index contributed by atoms with van der Waals surface area (Å²) >= 11 is 7.66. The van der Waals surface area contributed by atoms with Crippen molar-refractivity contribution in [2.75, 3.05) is 6.54 Å². The van der Waals surface area contributed by atoms with Crippen LogP contribution in [0.2, 0.25) is 4.34 Å². The minimum atomic E-state index is -4.60. The van der Waals surface area contributed by atoms with Crippen molar-refractivity contribution in [3.05, 3.63) is 75.2 Å². The van der Waals surface area contributed by atoms with E-state index in [2.05, 4.69) is 11.7 Å². The van der Waals surface area contributed by atoms with Gasteiger partial charge in [-0.15, -0.1) is 11.3 Å². The van der Waals surface area contributed by atoms with Gasteiger partial charge in [-0.1, -0.05) is 42.4 Å². The van der Waals surface area contributed by atoms with Crippen molar-refractivity contribution in [3.63, 3.8) is 0 Å². The molecule has 32 heavy (non-hydrogen) atoms. The summed E-state index contributed by atoms with van der Waals surface area (Å²) in [5.41, 5.74) is 1.18. The Labute approximate surface area is 192 Å². The number of carbonyl (C=O) groups excluding carboxylic acids is 1. The van der Waals surface area contributed by atoms with Crippen molar-refractivity contribution in [1.29, 1.82) is 0 Å². The van der Waals surface area contributed by atoms with E-state index in [0.29, 0.717) is 28.6 Å². The highest BCUT2D eigenvalue weighted by molar-refractivity contribution is 7.16. The van der Waals surface area contributed by atoms with Gasteiger partial charge in [0.1, 0.15) is 0 Å². The first-order valence-electron chi connectivity index (χ1n) is 10.0. The van der Waals surface area contributed by atoms with Crippen LogP contribution in [0.1, 0.15) is 47.5 Å². The predicted molar refractivity (Wildman–Crippen MR) is 120 cm³/mol. The highest BCUT2D eigenvalue weighted by Gasteiger charge is 2.39. The summed E-state index contributed by atoms with van der Waals surface area (Å²) in [6.07, 6.45) is -1.91. The number of rotatable bonds is 4. The average molecular weight is 480 g/mol. The SMILES string of the molecule is C=CC(=O)N1Cc2sc(Cl)cc2[C@@H](c2ccccc2-c2cn(C(C)C)nc2C(F)(F)F)C1. The highest BCUT2D eigenvalue weighted by Crippen LogP contribution is 2.45. The summed E-state index contributed by atoms with van der Waals surface area (Å²) in [5.74, 6) is -0.558. The van der Waals surface area contributed by atoms with Gasteiger partial charge in [0.2, 0.25) is 5.91 Å². The van der Waals surface area contributed by atoms with Crippen molar-refractivity contribution in [2.24, 2.45) is 0 Å². The molecule has 1 aliphatic rings. The maximum absolute atomic E-state index is 13.9. The highest BCUT2D eigenvalue weighted by atomic mass is 35.5. The molecule has 0 aliphatic carbocycles. The van der Waals surface area contributed by atoms with Gasteiger partial charge < -0.3 is 4.90 Å². The molecule has 168 valence electrons. The summed E-state index contributed by atoms with van der Waals surface area (Å²) in [6.45, 7) is 7.85. The molecule has 0 saturated heterocycles. The Morgan fingerprint density at radius 3 is 2.66 bits per heavy atom. The van der Waals surface area contributed by atoms with Gasteiger partial charge in [0.15, 0.2) is 5.69 Å². The van der Waals surface area contributed by atoms with E-state index < -0.39 is 11.9 Å². The van der Waals surface area contributed by atoms with Gasteiger partial charge in [-0.05, 0) is 42.7 Å². The molecular weight excluding hydrogens is 459 g/mol. The number of thiophene rings is 1. The zero-order valence-electron chi connectivity index (χ0n) is 17.5. The lowest BCUT2D eigenvalue weighted by atomic mass is 9.84. The third kappa shape index (κ3) is 4.09. The lowest BCUT2D eigenvalue weighted by molar-refractivity contribution is -0.141. The standard InChI is InChI=1S/C23H21ClF3N3OS/c1-4-21(31)29-10-17(16-9-20(24)32-19(16)12-29)14-7-5-6-8-15(14)18-11-30(13(2)3)28-22(18)23(25,26)27/h4-9,11,13,17H,1,10,12H2,2-3H3/t17-/m1/s1. The van der Waals surface area contributed by atoms with Gasteiger partial charge in [-0.3, -0.25) is 9.48 Å². The molecule has 4 nitrogen and oxygen atoms in total. The van der Waals surface area contributed by atoms with E-state index in [1.165, 1.54) is 28.3 Å². The second-order valence-corrected chi connectivity index (χ2v) is 9.72. The second-order valence-electron chi connectivity index (χ2n) is 7.95. The quantitative estimate of drug-likeness (QED) is 0.399. The van der Waals surface area contributed by atoms with Gasteiger partial charge in [-0.2, -0.15) is 18.3 Å². The maximum atomic E-state index is 13.9. The van der Waals surface area contributed by atoms with E-state index in [0.717, 1.165) is 10.4 Å². The first-order valence-corrected chi connectivity index (χ1v) is 11.2. The van der Waals surface area contributed by atoms with Crippen LogP contribution >= 0.6 is 22.9 Å². The number of hydrogen-bond acceptors (Lipinski definition) is 3. The molecule has 0 N–H and O–H groups in total. The predicted octanol–water partition coefficient (Wildman–Crippen LogP) is 6.52. The van der Waals surface area contributed by atoms with Crippen molar-refractivity contribution in [1.82, 2.24) is 14.7 Å². The minimum Gasteiger partial charge on any atom is -0.333 e. The summed E-state index contributed by atoms with van der Waals surface area (Å²) < 4.78 is 43.6. The van der Waals surface area contributed by atoms with Crippen LogP contribution in [0.15, 0.2) is 49.2 Å². The molecule has 0 spiro atoms. The Morgan fingerprint density at radius 2 is 2.00 bits per heavy atom. The fourth-order valence-corrected chi connectivity index (χ4v) is 5.41. The van der Waals surface area contributed by atoms with Crippen LogP contribution in [0.3, 0.4) is 0 Å². The van der Waals surface area contributed by atoms with E-state index >= 15 is 0 Å². The number of hydrogen-bond donors (Lipinski definition) is 0. The molecule has 1 atom stereocenters. The summed E-state index contributed by atoms with van der Waals surface area (Å²) in [5, 5.41) is 3.84.